The summed E-state index contributed by atoms with van der Waals surface area (Å²) in [4.78, 5) is 49.2. The number of esters is 2. The standard InChI is InChI=1S/C21H34N2O8/c1-28-7-8-30-9-10-31-18(24)13-16(11-14-3-4-14)20(26)23-17(21(27)29-2)12-15-5-6-22-19(15)25/h14-17H,3-13H2,1-2H3,(H,22,25)(H,23,26)/t15-,16+,17-/m0/s1. The van der Waals surface area contributed by atoms with E-state index in [1.54, 1.807) is 7.11 Å². The van der Waals surface area contributed by atoms with Gasteiger partial charge in [0.1, 0.15) is 12.6 Å². The van der Waals surface area contributed by atoms with Crippen LogP contribution in [0.4, 0.5) is 0 Å². The number of hydrogen-bond donors (Lipinski definition) is 2. The molecule has 1 aliphatic heterocycles. The largest absolute Gasteiger partial charge is 0.467 e. The topological polar surface area (TPSA) is 129 Å². The van der Waals surface area contributed by atoms with E-state index >= 15 is 0 Å². The van der Waals surface area contributed by atoms with Crippen LogP contribution in [0.1, 0.15) is 38.5 Å². The number of carbonyl (C=O) groups excluding carboxylic acids is 4. The first-order valence-electron chi connectivity index (χ1n) is 10.8. The maximum Gasteiger partial charge on any atom is 0.328 e. The summed E-state index contributed by atoms with van der Waals surface area (Å²) < 4.78 is 20.1. The fraction of sp³-hybridized carbons (Fsp3) is 0.810. The van der Waals surface area contributed by atoms with Crippen LogP contribution in [0.3, 0.4) is 0 Å². The van der Waals surface area contributed by atoms with E-state index < -0.39 is 29.8 Å². The molecule has 31 heavy (non-hydrogen) atoms. The summed E-state index contributed by atoms with van der Waals surface area (Å²) in [5.41, 5.74) is 0. The molecule has 2 rings (SSSR count). The molecule has 2 fully saturated rings. The van der Waals surface area contributed by atoms with Crippen molar-refractivity contribution >= 4 is 23.8 Å². The lowest BCUT2D eigenvalue weighted by Crippen LogP contribution is -2.46. The van der Waals surface area contributed by atoms with Gasteiger partial charge in [0.05, 0.1) is 33.4 Å². The molecule has 0 unspecified atom stereocenters. The van der Waals surface area contributed by atoms with Crippen molar-refractivity contribution in [2.45, 2.75) is 44.6 Å². The minimum absolute atomic E-state index is 0.0712. The Morgan fingerprint density at radius 2 is 1.81 bits per heavy atom. The van der Waals surface area contributed by atoms with Crippen LogP contribution < -0.4 is 10.6 Å². The molecule has 2 amide bonds. The van der Waals surface area contributed by atoms with Gasteiger partial charge in [0.25, 0.3) is 0 Å². The number of rotatable bonds is 15. The average molecular weight is 443 g/mol. The molecule has 0 aromatic carbocycles. The summed E-state index contributed by atoms with van der Waals surface area (Å²) >= 11 is 0. The van der Waals surface area contributed by atoms with Crippen LogP contribution in [-0.2, 0) is 38.1 Å². The van der Waals surface area contributed by atoms with Crippen molar-refractivity contribution < 1.29 is 38.1 Å². The van der Waals surface area contributed by atoms with Gasteiger partial charge in [0, 0.05) is 25.5 Å². The number of ether oxygens (including phenoxy) is 4. The third-order valence-corrected chi connectivity index (χ3v) is 5.51. The highest BCUT2D eigenvalue weighted by molar-refractivity contribution is 5.89. The van der Waals surface area contributed by atoms with Crippen molar-refractivity contribution in [3.05, 3.63) is 0 Å². The molecule has 2 N–H and O–H groups in total. The van der Waals surface area contributed by atoms with Crippen LogP contribution in [0.5, 0.6) is 0 Å². The number of hydrogen-bond acceptors (Lipinski definition) is 8. The molecule has 0 spiro atoms. The number of nitrogens with one attached hydrogen (secondary N) is 2. The quantitative estimate of drug-likeness (QED) is 0.271. The molecule has 176 valence electrons. The Balaban J connectivity index is 1.86. The second kappa shape index (κ2) is 13.3. The predicted molar refractivity (Wildman–Crippen MR) is 109 cm³/mol. The van der Waals surface area contributed by atoms with Crippen molar-refractivity contribution in [1.29, 1.82) is 0 Å². The lowest BCUT2D eigenvalue weighted by molar-refractivity contribution is -0.149. The second-order valence-electron chi connectivity index (χ2n) is 8.00. The normalized spacial score (nSPS) is 19.9. The second-order valence-corrected chi connectivity index (χ2v) is 8.00. The average Bonchev–Trinajstić information content (AvgIpc) is 3.48. The lowest BCUT2D eigenvalue weighted by Gasteiger charge is -2.22. The lowest BCUT2D eigenvalue weighted by atomic mass is 9.94. The molecular formula is C21H34N2O8. The molecule has 1 saturated carbocycles. The van der Waals surface area contributed by atoms with Gasteiger partial charge in [-0.3, -0.25) is 14.4 Å². The van der Waals surface area contributed by atoms with E-state index in [1.807, 2.05) is 0 Å². The zero-order valence-corrected chi connectivity index (χ0v) is 18.4. The van der Waals surface area contributed by atoms with E-state index in [1.165, 1.54) is 7.11 Å². The fourth-order valence-electron chi connectivity index (χ4n) is 3.56. The van der Waals surface area contributed by atoms with Crippen molar-refractivity contribution in [2.24, 2.45) is 17.8 Å². The summed E-state index contributed by atoms with van der Waals surface area (Å²) in [6.45, 7) is 1.77. The highest BCUT2D eigenvalue weighted by atomic mass is 16.6. The van der Waals surface area contributed by atoms with E-state index in [0.717, 1.165) is 12.8 Å². The minimum atomic E-state index is -0.932. The van der Waals surface area contributed by atoms with Crippen molar-refractivity contribution in [3.63, 3.8) is 0 Å². The molecule has 1 aliphatic carbocycles. The summed E-state index contributed by atoms with van der Waals surface area (Å²) in [5.74, 6) is -2.16. The Hall–Kier alpha value is -2.20. The number of methoxy groups -OCH3 is 2. The van der Waals surface area contributed by atoms with Gasteiger partial charge in [-0.25, -0.2) is 4.79 Å². The molecule has 0 bridgehead atoms. The third-order valence-electron chi connectivity index (χ3n) is 5.51. The Kier molecular flexibility index (Phi) is 10.7. The van der Waals surface area contributed by atoms with Gasteiger partial charge in [0.2, 0.25) is 11.8 Å². The SMILES string of the molecule is COCCOCCOC(=O)C[C@@H](CC1CC1)C(=O)N[C@@H](C[C@@H]1CCNC1=O)C(=O)OC. The molecule has 3 atom stereocenters. The molecule has 0 aromatic rings. The maximum atomic E-state index is 12.9. The number of carbonyl (C=O) groups is 4. The molecular weight excluding hydrogens is 408 g/mol. The predicted octanol–water partition coefficient (Wildman–Crippen LogP) is 0.183. The van der Waals surface area contributed by atoms with Crippen LogP contribution >= 0.6 is 0 Å². The third kappa shape index (κ3) is 9.22. The smallest absolute Gasteiger partial charge is 0.328 e. The van der Waals surface area contributed by atoms with Crippen molar-refractivity contribution in [2.75, 3.05) is 47.2 Å². The van der Waals surface area contributed by atoms with E-state index in [-0.39, 0.29) is 37.9 Å². The zero-order chi connectivity index (χ0) is 22.6. The Morgan fingerprint density at radius 3 is 2.42 bits per heavy atom. The van der Waals surface area contributed by atoms with Gasteiger partial charge in [0.15, 0.2) is 0 Å². The summed E-state index contributed by atoms with van der Waals surface area (Å²) in [6.07, 6.45) is 3.31. The van der Waals surface area contributed by atoms with Gasteiger partial charge in [-0.2, -0.15) is 0 Å². The monoisotopic (exact) mass is 442 g/mol. The first kappa shape index (κ1) is 25.1. The van der Waals surface area contributed by atoms with E-state index in [0.29, 0.717) is 38.5 Å². The van der Waals surface area contributed by atoms with Crippen molar-refractivity contribution in [1.82, 2.24) is 10.6 Å². The Labute approximate surface area is 182 Å². The van der Waals surface area contributed by atoms with Crippen LogP contribution in [0.2, 0.25) is 0 Å². The fourth-order valence-corrected chi connectivity index (χ4v) is 3.56. The molecule has 10 nitrogen and oxygen atoms in total. The van der Waals surface area contributed by atoms with Crippen LogP contribution in [0.15, 0.2) is 0 Å². The number of amides is 2. The van der Waals surface area contributed by atoms with Gasteiger partial charge in [-0.1, -0.05) is 12.8 Å². The van der Waals surface area contributed by atoms with E-state index in [4.69, 9.17) is 18.9 Å². The molecule has 1 saturated heterocycles. The van der Waals surface area contributed by atoms with Gasteiger partial charge in [-0.05, 0) is 25.2 Å². The highest BCUT2D eigenvalue weighted by Gasteiger charge is 2.36. The van der Waals surface area contributed by atoms with Crippen LogP contribution in [-0.4, -0.2) is 77.0 Å². The van der Waals surface area contributed by atoms with Gasteiger partial charge >= 0.3 is 11.9 Å². The minimum Gasteiger partial charge on any atom is -0.467 e. The highest BCUT2D eigenvalue weighted by Crippen LogP contribution is 2.36. The van der Waals surface area contributed by atoms with Crippen molar-refractivity contribution in [3.8, 4) is 0 Å². The van der Waals surface area contributed by atoms with Gasteiger partial charge < -0.3 is 29.6 Å². The Morgan fingerprint density at radius 1 is 1.06 bits per heavy atom. The molecule has 1 heterocycles. The van der Waals surface area contributed by atoms with E-state index in [2.05, 4.69) is 10.6 Å². The summed E-state index contributed by atoms with van der Waals surface area (Å²) in [7, 11) is 2.81. The molecule has 2 aliphatic rings. The zero-order valence-electron chi connectivity index (χ0n) is 18.4. The maximum absolute atomic E-state index is 12.9. The van der Waals surface area contributed by atoms with Crippen LogP contribution in [0.25, 0.3) is 0 Å². The first-order chi connectivity index (χ1) is 14.9. The van der Waals surface area contributed by atoms with Gasteiger partial charge in [-0.15, -0.1) is 0 Å². The molecule has 0 aromatic heterocycles. The Bertz CT molecular complexity index is 623. The summed E-state index contributed by atoms with van der Waals surface area (Å²) in [6, 6.07) is -0.932. The molecule has 0 radical (unpaired) electrons. The first-order valence-corrected chi connectivity index (χ1v) is 10.8. The van der Waals surface area contributed by atoms with E-state index in [9.17, 15) is 19.2 Å². The summed E-state index contributed by atoms with van der Waals surface area (Å²) in [5, 5.41) is 5.43. The molecule has 10 heteroatoms. The van der Waals surface area contributed by atoms with Crippen LogP contribution in [0, 0.1) is 17.8 Å².